The molecule has 0 saturated carbocycles. The molecule has 0 aliphatic carbocycles. The molecule has 142 valence electrons. The van der Waals surface area contributed by atoms with Gasteiger partial charge in [0, 0.05) is 25.8 Å². The summed E-state index contributed by atoms with van der Waals surface area (Å²) in [6, 6.07) is 14.5. The van der Waals surface area contributed by atoms with Crippen LogP contribution in [0.4, 0.5) is 0 Å². The summed E-state index contributed by atoms with van der Waals surface area (Å²) < 4.78 is 10.5. The molecule has 1 heterocycles. The van der Waals surface area contributed by atoms with Crippen LogP contribution in [0.5, 0.6) is 5.75 Å². The Morgan fingerprint density at radius 1 is 1.15 bits per heavy atom. The average Bonchev–Trinajstić information content (AvgIpc) is 2.70. The Bertz CT molecular complexity index is 821. The molecule has 0 radical (unpaired) electrons. The molecule has 0 fully saturated rings. The predicted octanol–water partition coefficient (Wildman–Crippen LogP) is 2.08. The van der Waals surface area contributed by atoms with Crippen molar-refractivity contribution in [3.63, 3.8) is 0 Å². The third kappa shape index (κ3) is 4.11. The first kappa shape index (κ1) is 18.9. The van der Waals surface area contributed by atoms with Gasteiger partial charge in [-0.2, -0.15) is 0 Å². The normalized spacial score (nSPS) is 16.0. The number of hydrogen-bond donors (Lipinski definition) is 1. The maximum atomic E-state index is 13.1. The summed E-state index contributed by atoms with van der Waals surface area (Å²) in [5, 5.41) is 2.96. The number of methoxy groups -OCH3 is 2. The fourth-order valence-electron chi connectivity index (χ4n) is 3.39. The van der Waals surface area contributed by atoms with E-state index in [9.17, 15) is 9.59 Å². The number of nitrogens with one attached hydrogen (secondary N) is 1. The number of carbonyl (C=O) groups excluding carboxylic acids is 2. The predicted molar refractivity (Wildman–Crippen MR) is 101 cm³/mol. The Morgan fingerprint density at radius 2 is 1.89 bits per heavy atom. The van der Waals surface area contributed by atoms with E-state index in [-0.39, 0.29) is 11.8 Å². The van der Waals surface area contributed by atoms with Crippen molar-refractivity contribution < 1.29 is 19.1 Å². The summed E-state index contributed by atoms with van der Waals surface area (Å²) in [5.74, 6) is 0.440. The SMILES string of the molecule is COCCN1C(=O)Cc2ccccc2[C@@H]1C(=O)NCc1ccccc1OC. The van der Waals surface area contributed by atoms with Crippen molar-refractivity contribution in [3.8, 4) is 5.75 Å². The Labute approximate surface area is 159 Å². The molecule has 0 bridgehead atoms. The number of hydrogen-bond acceptors (Lipinski definition) is 4. The van der Waals surface area contributed by atoms with E-state index in [1.54, 1.807) is 19.1 Å². The molecule has 27 heavy (non-hydrogen) atoms. The monoisotopic (exact) mass is 368 g/mol. The van der Waals surface area contributed by atoms with E-state index >= 15 is 0 Å². The highest BCUT2D eigenvalue weighted by molar-refractivity contribution is 5.92. The zero-order chi connectivity index (χ0) is 19.2. The number of ether oxygens (including phenoxy) is 2. The molecule has 0 unspecified atom stereocenters. The second-order valence-electron chi connectivity index (χ2n) is 6.39. The fraction of sp³-hybridized carbons (Fsp3) is 0.333. The van der Waals surface area contributed by atoms with Crippen LogP contribution in [-0.4, -0.2) is 44.1 Å². The molecule has 1 atom stereocenters. The van der Waals surface area contributed by atoms with Crippen molar-refractivity contribution in [2.75, 3.05) is 27.4 Å². The van der Waals surface area contributed by atoms with Crippen LogP contribution >= 0.6 is 0 Å². The zero-order valence-corrected chi connectivity index (χ0v) is 15.6. The highest BCUT2D eigenvalue weighted by Crippen LogP contribution is 2.30. The molecule has 2 aromatic carbocycles. The van der Waals surface area contributed by atoms with Crippen molar-refractivity contribution in [1.29, 1.82) is 0 Å². The van der Waals surface area contributed by atoms with Gasteiger partial charge in [0.2, 0.25) is 11.8 Å². The van der Waals surface area contributed by atoms with Crippen LogP contribution in [0.2, 0.25) is 0 Å². The number of benzene rings is 2. The number of fused-ring (bicyclic) bond motifs is 1. The van der Waals surface area contributed by atoms with Crippen molar-refractivity contribution in [2.45, 2.75) is 19.0 Å². The molecule has 0 aromatic heterocycles. The van der Waals surface area contributed by atoms with Crippen molar-refractivity contribution in [3.05, 3.63) is 65.2 Å². The Hall–Kier alpha value is -2.86. The van der Waals surface area contributed by atoms with E-state index in [4.69, 9.17) is 9.47 Å². The van der Waals surface area contributed by atoms with Gasteiger partial charge >= 0.3 is 0 Å². The van der Waals surface area contributed by atoms with Gasteiger partial charge < -0.3 is 19.7 Å². The number of carbonyl (C=O) groups is 2. The Morgan fingerprint density at radius 3 is 2.67 bits per heavy atom. The van der Waals surface area contributed by atoms with Gasteiger partial charge in [0.05, 0.1) is 20.1 Å². The minimum absolute atomic E-state index is 0.0665. The standard InChI is InChI=1S/C21H24N2O4/c1-26-12-11-23-19(24)13-15-7-3-5-9-17(15)20(23)21(25)22-14-16-8-4-6-10-18(16)27-2/h3-10,20H,11-14H2,1-2H3,(H,22,25)/t20-/m1/s1. The Balaban J connectivity index is 1.83. The molecular formula is C21H24N2O4. The minimum atomic E-state index is -0.660. The highest BCUT2D eigenvalue weighted by atomic mass is 16.5. The van der Waals surface area contributed by atoms with Gasteiger partial charge in [0.25, 0.3) is 0 Å². The lowest BCUT2D eigenvalue weighted by atomic mass is 9.91. The number of para-hydroxylation sites is 1. The molecule has 2 amide bonds. The van der Waals surface area contributed by atoms with E-state index in [1.165, 1.54) is 0 Å². The summed E-state index contributed by atoms with van der Waals surface area (Å²) in [6.07, 6.45) is 0.302. The third-order valence-corrected chi connectivity index (χ3v) is 4.75. The maximum absolute atomic E-state index is 13.1. The highest BCUT2D eigenvalue weighted by Gasteiger charge is 2.36. The van der Waals surface area contributed by atoms with Gasteiger partial charge in [0.1, 0.15) is 11.8 Å². The van der Waals surface area contributed by atoms with Crippen LogP contribution in [0.25, 0.3) is 0 Å². The molecule has 6 heteroatoms. The fourth-order valence-corrected chi connectivity index (χ4v) is 3.39. The zero-order valence-electron chi connectivity index (χ0n) is 15.6. The molecular weight excluding hydrogens is 344 g/mol. The average molecular weight is 368 g/mol. The molecule has 0 saturated heterocycles. The van der Waals surface area contributed by atoms with Gasteiger partial charge in [-0.1, -0.05) is 42.5 Å². The molecule has 2 aromatic rings. The van der Waals surface area contributed by atoms with Crippen molar-refractivity contribution in [1.82, 2.24) is 10.2 Å². The lowest BCUT2D eigenvalue weighted by Gasteiger charge is -2.36. The van der Waals surface area contributed by atoms with Gasteiger partial charge in [-0.25, -0.2) is 0 Å². The van der Waals surface area contributed by atoms with Gasteiger partial charge in [-0.05, 0) is 17.2 Å². The lowest BCUT2D eigenvalue weighted by molar-refractivity contribution is -0.142. The minimum Gasteiger partial charge on any atom is -0.496 e. The summed E-state index contributed by atoms with van der Waals surface area (Å²) in [7, 11) is 3.18. The van der Waals surface area contributed by atoms with Crippen molar-refractivity contribution in [2.24, 2.45) is 0 Å². The van der Waals surface area contributed by atoms with Crippen LogP contribution in [0.3, 0.4) is 0 Å². The van der Waals surface area contributed by atoms with E-state index in [0.29, 0.717) is 31.9 Å². The summed E-state index contributed by atoms with van der Waals surface area (Å²) in [6.45, 7) is 1.08. The summed E-state index contributed by atoms with van der Waals surface area (Å²) >= 11 is 0. The van der Waals surface area contributed by atoms with Gasteiger partial charge in [-0.15, -0.1) is 0 Å². The van der Waals surface area contributed by atoms with E-state index < -0.39 is 6.04 Å². The summed E-state index contributed by atoms with van der Waals surface area (Å²) in [4.78, 5) is 27.3. The lowest BCUT2D eigenvalue weighted by Crippen LogP contribution is -2.48. The number of amides is 2. The molecule has 1 aliphatic heterocycles. The molecule has 1 N–H and O–H groups in total. The van der Waals surface area contributed by atoms with E-state index in [0.717, 1.165) is 16.7 Å². The number of nitrogens with zero attached hydrogens (tertiary/aromatic N) is 1. The smallest absolute Gasteiger partial charge is 0.247 e. The molecule has 0 spiro atoms. The number of rotatable bonds is 7. The van der Waals surface area contributed by atoms with Crippen LogP contribution in [0.15, 0.2) is 48.5 Å². The van der Waals surface area contributed by atoms with E-state index in [2.05, 4.69) is 5.32 Å². The summed E-state index contributed by atoms with van der Waals surface area (Å²) in [5.41, 5.74) is 2.64. The molecule has 1 aliphatic rings. The first-order chi connectivity index (χ1) is 13.2. The van der Waals surface area contributed by atoms with Gasteiger partial charge in [0.15, 0.2) is 0 Å². The third-order valence-electron chi connectivity index (χ3n) is 4.75. The largest absolute Gasteiger partial charge is 0.496 e. The maximum Gasteiger partial charge on any atom is 0.247 e. The topological polar surface area (TPSA) is 67.9 Å². The second-order valence-corrected chi connectivity index (χ2v) is 6.39. The van der Waals surface area contributed by atoms with Crippen LogP contribution in [0, 0.1) is 0 Å². The van der Waals surface area contributed by atoms with E-state index in [1.807, 2.05) is 48.5 Å². The molecule has 6 nitrogen and oxygen atoms in total. The van der Waals surface area contributed by atoms with Gasteiger partial charge in [-0.3, -0.25) is 9.59 Å². The van der Waals surface area contributed by atoms with Crippen LogP contribution in [-0.2, 0) is 27.3 Å². The Kier molecular flexibility index (Phi) is 6.08. The van der Waals surface area contributed by atoms with Crippen molar-refractivity contribution >= 4 is 11.8 Å². The second kappa shape index (κ2) is 8.68. The quantitative estimate of drug-likeness (QED) is 0.813. The first-order valence-electron chi connectivity index (χ1n) is 8.91. The first-order valence-corrected chi connectivity index (χ1v) is 8.91. The van der Waals surface area contributed by atoms with Crippen LogP contribution < -0.4 is 10.1 Å². The molecule has 3 rings (SSSR count). The van der Waals surface area contributed by atoms with Crippen LogP contribution in [0.1, 0.15) is 22.7 Å².